The van der Waals surface area contributed by atoms with E-state index in [0.29, 0.717) is 11.7 Å². The quantitative estimate of drug-likeness (QED) is 0.314. The maximum Gasteiger partial charge on any atom is 0.191 e. The molecule has 28 heavy (non-hydrogen) atoms. The smallest absolute Gasteiger partial charge is 0.191 e. The van der Waals surface area contributed by atoms with E-state index < -0.39 is 0 Å². The Morgan fingerprint density at radius 2 is 1.64 bits per heavy atom. The van der Waals surface area contributed by atoms with Crippen LogP contribution < -0.4 is 15.5 Å². The summed E-state index contributed by atoms with van der Waals surface area (Å²) in [4.78, 5) is 0. The molecule has 0 heterocycles. The van der Waals surface area contributed by atoms with E-state index >= 15 is 0 Å². The summed E-state index contributed by atoms with van der Waals surface area (Å²) in [7, 11) is 0. The summed E-state index contributed by atoms with van der Waals surface area (Å²) in [5.74, 6) is 0.792. The third kappa shape index (κ3) is 6.08. The Balaban J connectivity index is 1.52. The van der Waals surface area contributed by atoms with Gasteiger partial charge in [0.25, 0.3) is 0 Å². The molecule has 0 atom stereocenters. The standard InChI is InChI=1S/C22H20ClN3OS/c1-16(25-26-22(28)24-20-5-3-2-4-6-20)18-9-13-21(14-10-18)27-15-17-7-11-19(23)12-8-17/h2-14H,15H2,1H3,(H2,24,26,28)/b25-16+. The van der Waals surface area contributed by atoms with Crippen LogP contribution in [0.15, 0.2) is 84.0 Å². The van der Waals surface area contributed by atoms with Crippen molar-refractivity contribution in [2.45, 2.75) is 13.5 Å². The number of benzene rings is 3. The fraction of sp³-hybridized carbons (Fsp3) is 0.0909. The van der Waals surface area contributed by atoms with Gasteiger partial charge in [-0.05, 0) is 78.8 Å². The third-order valence-corrected chi connectivity index (χ3v) is 4.39. The maximum atomic E-state index is 5.89. The van der Waals surface area contributed by atoms with Crippen molar-refractivity contribution in [3.05, 3.63) is 95.0 Å². The Hall–Kier alpha value is -2.89. The van der Waals surface area contributed by atoms with Gasteiger partial charge in [0.2, 0.25) is 0 Å². The molecular formula is C22H20ClN3OS. The number of rotatable bonds is 6. The summed E-state index contributed by atoms with van der Waals surface area (Å²) in [6.07, 6.45) is 0. The number of hydrogen-bond donors (Lipinski definition) is 2. The van der Waals surface area contributed by atoms with E-state index in [1.165, 1.54) is 0 Å². The summed E-state index contributed by atoms with van der Waals surface area (Å²) in [5.41, 5.74) is 6.64. The lowest BCUT2D eigenvalue weighted by atomic mass is 10.1. The van der Waals surface area contributed by atoms with Gasteiger partial charge in [-0.1, -0.05) is 41.9 Å². The average molecular weight is 410 g/mol. The van der Waals surface area contributed by atoms with Crippen molar-refractivity contribution in [3.63, 3.8) is 0 Å². The number of anilines is 1. The Bertz CT molecular complexity index is 942. The summed E-state index contributed by atoms with van der Waals surface area (Å²) in [5, 5.41) is 8.57. The van der Waals surface area contributed by atoms with Crippen LogP contribution in [0.5, 0.6) is 5.75 Å². The number of nitrogens with zero attached hydrogens (tertiary/aromatic N) is 1. The predicted molar refractivity (Wildman–Crippen MR) is 120 cm³/mol. The molecule has 0 aliphatic rings. The fourth-order valence-electron chi connectivity index (χ4n) is 2.42. The Morgan fingerprint density at radius 3 is 2.32 bits per heavy atom. The Labute approximate surface area is 175 Å². The molecule has 4 nitrogen and oxygen atoms in total. The number of halogens is 1. The van der Waals surface area contributed by atoms with Crippen LogP contribution >= 0.6 is 23.8 Å². The van der Waals surface area contributed by atoms with E-state index in [1.54, 1.807) is 0 Å². The molecule has 0 bridgehead atoms. The normalized spacial score (nSPS) is 11.0. The highest BCUT2D eigenvalue weighted by Crippen LogP contribution is 2.16. The molecule has 3 rings (SSSR count). The van der Waals surface area contributed by atoms with E-state index in [-0.39, 0.29) is 0 Å². The van der Waals surface area contributed by atoms with E-state index in [9.17, 15) is 0 Å². The van der Waals surface area contributed by atoms with Gasteiger partial charge in [0.05, 0.1) is 5.71 Å². The number of para-hydroxylation sites is 1. The highest BCUT2D eigenvalue weighted by atomic mass is 35.5. The van der Waals surface area contributed by atoms with Crippen molar-refractivity contribution >= 4 is 40.3 Å². The molecule has 0 amide bonds. The first kappa shape index (κ1) is 19.9. The lowest BCUT2D eigenvalue weighted by Gasteiger charge is -2.09. The van der Waals surface area contributed by atoms with Crippen LogP contribution in [0.4, 0.5) is 5.69 Å². The molecule has 0 aromatic heterocycles. The first-order valence-electron chi connectivity index (χ1n) is 8.74. The fourth-order valence-corrected chi connectivity index (χ4v) is 2.71. The zero-order valence-electron chi connectivity index (χ0n) is 15.4. The molecule has 0 unspecified atom stereocenters. The minimum atomic E-state index is 0.438. The van der Waals surface area contributed by atoms with E-state index in [1.807, 2.05) is 85.8 Å². The molecule has 2 N–H and O–H groups in total. The van der Waals surface area contributed by atoms with Gasteiger partial charge >= 0.3 is 0 Å². The highest BCUT2D eigenvalue weighted by Gasteiger charge is 2.01. The van der Waals surface area contributed by atoms with Crippen molar-refractivity contribution < 1.29 is 4.74 Å². The van der Waals surface area contributed by atoms with Crippen LogP contribution in [-0.4, -0.2) is 10.8 Å². The molecule has 0 radical (unpaired) electrons. The number of ether oxygens (including phenoxy) is 1. The summed E-state index contributed by atoms with van der Waals surface area (Å²) < 4.78 is 5.80. The maximum absolute atomic E-state index is 5.89. The number of thiocarbonyl (C=S) groups is 1. The third-order valence-electron chi connectivity index (χ3n) is 3.95. The van der Waals surface area contributed by atoms with Crippen molar-refractivity contribution in [2.24, 2.45) is 5.10 Å². The van der Waals surface area contributed by atoms with Crippen molar-refractivity contribution in [3.8, 4) is 5.75 Å². The van der Waals surface area contributed by atoms with Gasteiger partial charge in [-0.3, -0.25) is 5.43 Å². The predicted octanol–water partition coefficient (Wildman–Crippen LogP) is 5.63. The molecule has 0 saturated heterocycles. The SMILES string of the molecule is C/C(=N\NC(=S)Nc1ccccc1)c1ccc(OCc2ccc(Cl)cc2)cc1. The minimum Gasteiger partial charge on any atom is -0.489 e. The second-order valence-corrected chi connectivity index (χ2v) is 6.91. The van der Waals surface area contributed by atoms with Crippen LogP contribution in [0.3, 0.4) is 0 Å². The van der Waals surface area contributed by atoms with Gasteiger partial charge in [-0.15, -0.1) is 0 Å². The monoisotopic (exact) mass is 409 g/mol. The second-order valence-electron chi connectivity index (χ2n) is 6.07. The highest BCUT2D eigenvalue weighted by molar-refractivity contribution is 7.80. The molecule has 0 spiro atoms. The lowest BCUT2D eigenvalue weighted by Crippen LogP contribution is -2.24. The Kier molecular flexibility index (Phi) is 7.00. The summed E-state index contributed by atoms with van der Waals surface area (Å²) in [6.45, 7) is 2.41. The number of hydrogen-bond acceptors (Lipinski definition) is 3. The van der Waals surface area contributed by atoms with Gasteiger partial charge in [-0.25, -0.2) is 0 Å². The van der Waals surface area contributed by atoms with E-state index in [0.717, 1.165) is 33.3 Å². The van der Waals surface area contributed by atoms with Crippen LogP contribution in [0.1, 0.15) is 18.1 Å². The van der Waals surface area contributed by atoms with Gasteiger partial charge in [-0.2, -0.15) is 5.10 Å². The van der Waals surface area contributed by atoms with E-state index in [4.69, 9.17) is 28.6 Å². The summed E-state index contributed by atoms with van der Waals surface area (Å²) in [6, 6.07) is 25.1. The van der Waals surface area contributed by atoms with Crippen LogP contribution in [0.25, 0.3) is 0 Å². The van der Waals surface area contributed by atoms with Crippen LogP contribution in [0, 0.1) is 0 Å². The topological polar surface area (TPSA) is 45.7 Å². The van der Waals surface area contributed by atoms with Gasteiger partial charge in [0, 0.05) is 10.7 Å². The zero-order valence-corrected chi connectivity index (χ0v) is 16.9. The minimum absolute atomic E-state index is 0.438. The number of hydrazone groups is 1. The van der Waals surface area contributed by atoms with Gasteiger partial charge in [0.1, 0.15) is 12.4 Å². The number of nitrogens with one attached hydrogen (secondary N) is 2. The first-order valence-corrected chi connectivity index (χ1v) is 9.53. The zero-order chi connectivity index (χ0) is 19.8. The van der Waals surface area contributed by atoms with Crippen molar-refractivity contribution in [1.29, 1.82) is 0 Å². The molecule has 3 aromatic rings. The van der Waals surface area contributed by atoms with Gasteiger partial charge < -0.3 is 10.1 Å². The van der Waals surface area contributed by atoms with Crippen LogP contribution in [-0.2, 0) is 6.61 Å². The molecular weight excluding hydrogens is 390 g/mol. The van der Waals surface area contributed by atoms with Crippen molar-refractivity contribution in [1.82, 2.24) is 5.43 Å². The van der Waals surface area contributed by atoms with Gasteiger partial charge in [0.15, 0.2) is 5.11 Å². The first-order chi connectivity index (χ1) is 13.6. The average Bonchev–Trinajstić information content (AvgIpc) is 2.73. The molecule has 6 heteroatoms. The second kappa shape index (κ2) is 9.88. The van der Waals surface area contributed by atoms with E-state index in [2.05, 4.69) is 15.8 Å². The lowest BCUT2D eigenvalue weighted by molar-refractivity contribution is 0.306. The molecule has 0 fully saturated rings. The molecule has 142 valence electrons. The molecule has 0 aliphatic heterocycles. The molecule has 0 aliphatic carbocycles. The van der Waals surface area contributed by atoms with Crippen LogP contribution in [0.2, 0.25) is 5.02 Å². The molecule has 3 aromatic carbocycles. The largest absolute Gasteiger partial charge is 0.489 e. The Morgan fingerprint density at radius 1 is 0.964 bits per heavy atom. The summed E-state index contributed by atoms with van der Waals surface area (Å²) >= 11 is 11.1. The molecule has 0 saturated carbocycles. The van der Waals surface area contributed by atoms with Crippen molar-refractivity contribution in [2.75, 3.05) is 5.32 Å².